The predicted molar refractivity (Wildman–Crippen MR) is 151 cm³/mol. The number of non-ortho nitro benzene ring substituents is 1. The Morgan fingerprint density at radius 2 is 1.93 bits per heavy atom. The van der Waals surface area contributed by atoms with Crippen LogP contribution in [0.2, 0.25) is 0 Å². The summed E-state index contributed by atoms with van der Waals surface area (Å²) in [5.41, 5.74) is 2.29. The molecule has 1 atom stereocenters. The number of fused-ring (bicyclic) bond motifs is 2. The summed E-state index contributed by atoms with van der Waals surface area (Å²) in [6.45, 7) is 2.49. The number of amides is 1. The minimum atomic E-state index is -4.14. The summed E-state index contributed by atoms with van der Waals surface area (Å²) in [6.07, 6.45) is 4.76. The van der Waals surface area contributed by atoms with Crippen LogP contribution in [-0.2, 0) is 21.3 Å². The summed E-state index contributed by atoms with van der Waals surface area (Å²) in [5, 5.41) is 18.8. The number of benzene rings is 2. The van der Waals surface area contributed by atoms with Crippen molar-refractivity contribution in [2.45, 2.75) is 24.3 Å². The van der Waals surface area contributed by atoms with Crippen molar-refractivity contribution in [3.05, 3.63) is 88.2 Å². The van der Waals surface area contributed by atoms with Crippen molar-refractivity contribution in [2.75, 3.05) is 23.3 Å². The highest BCUT2D eigenvalue weighted by Crippen LogP contribution is 2.33. The number of aryl methyl sites for hydroxylation is 2. The van der Waals surface area contributed by atoms with Gasteiger partial charge in [0.25, 0.3) is 21.7 Å². The van der Waals surface area contributed by atoms with E-state index in [1.165, 1.54) is 10.5 Å². The average molecular weight is 594 g/mol. The van der Waals surface area contributed by atoms with Crippen molar-refractivity contribution in [1.82, 2.24) is 19.2 Å². The highest BCUT2D eigenvalue weighted by atomic mass is 32.2. The lowest BCUT2D eigenvalue weighted by Crippen LogP contribution is -2.25. The molecule has 5 aromatic rings. The van der Waals surface area contributed by atoms with Gasteiger partial charge in [-0.15, -0.1) is 0 Å². The van der Waals surface area contributed by atoms with E-state index < -0.39 is 32.9 Å². The minimum absolute atomic E-state index is 0.162. The summed E-state index contributed by atoms with van der Waals surface area (Å²) in [5.74, 6) is -1.04. The molecule has 0 unspecified atom stereocenters. The van der Waals surface area contributed by atoms with Crippen molar-refractivity contribution in [2.24, 2.45) is 7.05 Å². The van der Waals surface area contributed by atoms with Crippen LogP contribution in [0.5, 0.6) is 0 Å². The first-order valence-electron chi connectivity index (χ1n) is 12.8. The first kappa shape index (κ1) is 27.3. The lowest BCUT2D eigenvalue weighted by Gasteiger charge is -2.20. The number of hydrogen-bond donors (Lipinski definition) is 1. The van der Waals surface area contributed by atoms with Crippen LogP contribution >= 0.6 is 0 Å². The van der Waals surface area contributed by atoms with Gasteiger partial charge in [-0.3, -0.25) is 23.8 Å². The number of anilines is 2. The minimum Gasteiger partial charge on any atom is -0.368 e. The van der Waals surface area contributed by atoms with Gasteiger partial charge >= 0.3 is 0 Å². The Kier molecular flexibility index (Phi) is 6.62. The molecule has 216 valence electrons. The number of carbonyl (C=O) groups is 1. The van der Waals surface area contributed by atoms with Crippen LogP contribution in [-0.4, -0.2) is 57.6 Å². The fourth-order valence-corrected chi connectivity index (χ4v) is 6.20. The maximum Gasteiger partial charge on any atom is 0.297 e. The first-order valence-corrected chi connectivity index (χ1v) is 14.2. The van der Waals surface area contributed by atoms with Gasteiger partial charge in [0.1, 0.15) is 5.52 Å². The number of hydrogen-bond acceptors (Lipinski definition) is 9. The van der Waals surface area contributed by atoms with Crippen LogP contribution in [0.4, 0.5) is 21.5 Å². The summed E-state index contributed by atoms with van der Waals surface area (Å²) in [4.78, 5) is 29.5. The largest absolute Gasteiger partial charge is 0.368 e. The van der Waals surface area contributed by atoms with Gasteiger partial charge in [0.2, 0.25) is 0 Å². The fraction of sp³-hybridized carbons (Fsp3) is 0.222. The Morgan fingerprint density at radius 1 is 1.17 bits per heavy atom. The Labute approximate surface area is 238 Å². The first-order chi connectivity index (χ1) is 20.0. The number of nitrogens with one attached hydrogen (secondary N) is 1. The van der Waals surface area contributed by atoms with E-state index in [-0.39, 0.29) is 34.0 Å². The molecule has 3 aromatic heterocycles. The zero-order valence-corrected chi connectivity index (χ0v) is 23.2. The van der Waals surface area contributed by atoms with E-state index in [9.17, 15) is 27.7 Å². The number of carbonyl (C=O) groups excluding carboxylic acids is 1. The van der Waals surface area contributed by atoms with Crippen molar-refractivity contribution < 1.29 is 26.7 Å². The number of nitrogens with zero attached hydrogens (tertiary/aromatic N) is 6. The highest BCUT2D eigenvalue weighted by Gasteiger charge is 2.31. The van der Waals surface area contributed by atoms with Crippen LogP contribution in [0.3, 0.4) is 0 Å². The predicted octanol–water partition coefficient (Wildman–Crippen LogP) is 3.81. The summed E-state index contributed by atoms with van der Waals surface area (Å²) in [7, 11) is -2.42. The van der Waals surface area contributed by atoms with E-state index in [4.69, 9.17) is 4.18 Å². The molecular weight excluding hydrogens is 569 g/mol. The van der Waals surface area contributed by atoms with Gasteiger partial charge in [0.15, 0.2) is 11.5 Å². The van der Waals surface area contributed by atoms with E-state index in [1.807, 2.05) is 4.90 Å². The van der Waals surface area contributed by atoms with Crippen LogP contribution in [0.25, 0.3) is 16.6 Å². The van der Waals surface area contributed by atoms with Gasteiger partial charge < -0.3 is 14.6 Å². The van der Waals surface area contributed by atoms with Crippen molar-refractivity contribution >= 4 is 49.6 Å². The van der Waals surface area contributed by atoms with Gasteiger partial charge in [-0.25, -0.2) is 9.37 Å². The zero-order chi connectivity index (χ0) is 29.8. The number of pyridine rings is 1. The maximum atomic E-state index is 14.5. The Morgan fingerprint density at radius 3 is 2.67 bits per heavy atom. The molecule has 0 saturated carbocycles. The van der Waals surface area contributed by atoms with Crippen LogP contribution in [0.1, 0.15) is 22.5 Å². The monoisotopic (exact) mass is 593 g/mol. The Hall–Kier alpha value is -4.89. The molecule has 1 saturated heterocycles. The second kappa shape index (κ2) is 10.2. The van der Waals surface area contributed by atoms with E-state index in [0.717, 1.165) is 30.0 Å². The molecule has 4 heterocycles. The summed E-state index contributed by atoms with van der Waals surface area (Å²) < 4.78 is 48.7. The summed E-state index contributed by atoms with van der Waals surface area (Å²) in [6, 6.07) is 9.10. The Bertz CT molecular complexity index is 1990. The topological polar surface area (TPSA) is 154 Å². The number of nitro groups is 1. The molecule has 0 bridgehead atoms. The molecule has 1 aliphatic rings. The molecule has 6 rings (SSSR count). The third-order valence-corrected chi connectivity index (χ3v) is 8.36. The third kappa shape index (κ3) is 5.03. The second-order valence-electron chi connectivity index (χ2n) is 10.00. The molecule has 1 fully saturated rings. The van der Waals surface area contributed by atoms with Crippen molar-refractivity contribution in [3.8, 4) is 0 Å². The number of nitro benzene ring substituents is 1. The molecule has 13 nitrogen and oxygen atoms in total. The van der Waals surface area contributed by atoms with Gasteiger partial charge in [-0.1, -0.05) is 0 Å². The molecule has 1 aliphatic heterocycles. The number of rotatable bonds is 7. The van der Waals surface area contributed by atoms with E-state index >= 15 is 0 Å². The molecular formula is C27H24FN7O6S. The molecule has 15 heteroatoms. The quantitative estimate of drug-likeness (QED) is 0.169. The second-order valence-corrected chi connectivity index (χ2v) is 11.6. The van der Waals surface area contributed by atoms with Gasteiger partial charge in [0.05, 0.1) is 32.9 Å². The molecule has 1 amide bonds. The number of halogens is 1. The van der Waals surface area contributed by atoms with Crippen LogP contribution < -0.4 is 10.2 Å². The van der Waals surface area contributed by atoms with Gasteiger partial charge in [0, 0.05) is 68.0 Å². The SMILES string of the molecule is Cc1cn2cc(NC(=O)c3ccc(N4CC[C@H](OS(=O)(=O)c5ccc([N+](=O)[O-])cc5)C4)c4cn(C)nc34)cc(F)c2n1. The molecule has 0 aliphatic carbocycles. The fourth-order valence-electron chi connectivity index (χ4n) is 5.11. The number of imidazole rings is 1. The molecule has 2 aromatic carbocycles. The van der Waals surface area contributed by atoms with E-state index in [0.29, 0.717) is 29.6 Å². The zero-order valence-electron chi connectivity index (χ0n) is 22.4. The standard InChI is InChI=1S/C27H24FN7O6S/c1-16-12-34-13-17(11-23(28)26(34)29-16)30-27(36)21-7-8-24(22-15-32(2)31-25(21)22)33-10-9-19(14-33)41-42(39,40)20-5-3-18(4-6-20)35(37)38/h3-8,11-13,15,19H,9-10,14H2,1-2H3,(H,30,36)/t19-/m0/s1. The smallest absolute Gasteiger partial charge is 0.297 e. The molecule has 1 N–H and O–H groups in total. The van der Waals surface area contributed by atoms with Gasteiger partial charge in [-0.05, 0) is 37.6 Å². The molecule has 0 spiro atoms. The molecule has 42 heavy (non-hydrogen) atoms. The van der Waals surface area contributed by atoms with Crippen LogP contribution in [0, 0.1) is 22.9 Å². The van der Waals surface area contributed by atoms with Crippen molar-refractivity contribution in [3.63, 3.8) is 0 Å². The summed E-state index contributed by atoms with van der Waals surface area (Å²) >= 11 is 0. The highest BCUT2D eigenvalue weighted by molar-refractivity contribution is 7.86. The Balaban J connectivity index is 1.21. The lowest BCUT2D eigenvalue weighted by atomic mass is 10.1. The average Bonchev–Trinajstić information content (AvgIpc) is 3.65. The third-order valence-electron chi connectivity index (χ3n) is 6.98. The lowest BCUT2D eigenvalue weighted by molar-refractivity contribution is -0.384. The van der Waals surface area contributed by atoms with E-state index in [2.05, 4.69) is 15.4 Å². The van der Waals surface area contributed by atoms with E-state index in [1.54, 1.807) is 49.4 Å². The normalized spacial score (nSPS) is 15.5. The molecule has 0 radical (unpaired) electrons. The number of aromatic nitrogens is 4. The maximum absolute atomic E-state index is 14.5. The van der Waals surface area contributed by atoms with Crippen LogP contribution in [0.15, 0.2) is 66.0 Å². The van der Waals surface area contributed by atoms with Crippen molar-refractivity contribution in [1.29, 1.82) is 0 Å². The van der Waals surface area contributed by atoms with Gasteiger partial charge in [-0.2, -0.15) is 13.5 Å².